The van der Waals surface area contributed by atoms with Crippen LogP contribution in [0.1, 0.15) is 43.9 Å². The lowest BCUT2D eigenvalue weighted by Gasteiger charge is -2.35. The fourth-order valence-electron chi connectivity index (χ4n) is 3.40. The average Bonchev–Trinajstić information content (AvgIpc) is 2.65. The van der Waals surface area contributed by atoms with E-state index in [2.05, 4.69) is 66.3 Å². The van der Waals surface area contributed by atoms with E-state index in [1.807, 2.05) is 13.0 Å². The van der Waals surface area contributed by atoms with E-state index in [4.69, 9.17) is 10.8 Å². The fourth-order valence-corrected chi connectivity index (χ4v) is 3.40. The molecule has 0 saturated carbocycles. The number of para-hydroxylation sites is 1. The molecule has 1 aliphatic rings. The highest BCUT2D eigenvalue weighted by Gasteiger charge is 2.27. The van der Waals surface area contributed by atoms with Crippen LogP contribution in [0.5, 0.6) is 0 Å². The molecule has 0 aliphatic carbocycles. The molecule has 0 bridgehead atoms. The number of hydrogen-bond acceptors (Lipinski definition) is 4. The molecular weight excluding hydrogens is 308 g/mol. The minimum Gasteiger partial charge on any atom is -0.364 e. The molecule has 0 spiro atoms. The summed E-state index contributed by atoms with van der Waals surface area (Å²) in [7, 11) is 0. The fraction of sp³-hybridized carbons (Fsp3) is 0.333. The van der Waals surface area contributed by atoms with Crippen molar-refractivity contribution in [1.82, 2.24) is 0 Å². The monoisotopic (exact) mass is 334 g/mol. The van der Waals surface area contributed by atoms with Gasteiger partial charge >= 0.3 is 0 Å². The quantitative estimate of drug-likeness (QED) is 0.682. The summed E-state index contributed by atoms with van der Waals surface area (Å²) in [4.78, 5) is 7.20. The number of anilines is 1. The van der Waals surface area contributed by atoms with Gasteiger partial charge in [-0.05, 0) is 31.9 Å². The molecule has 3 rings (SSSR count). The predicted molar refractivity (Wildman–Crippen MR) is 107 cm³/mol. The molecule has 2 aromatic rings. The minimum atomic E-state index is 0.415. The van der Waals surface area contributed by atoms with Crippen LogP contribution in [0, 0.1) is 0 Å². The van der Waals surface area contributed by atoms with Gasteiger partial charge in [0.1, 0.15) is 5.71 Å². The Labute approximate surface area is 150 Å². The summed E-state index contributed by atoms with van der Waals surface area (Å²) in [6, 6.07) is 17.2. The highest BCUT2D eigenvalue weighted by Crippen LogP contribution is 2.31. The third-order valence-electron chi connectivity index (χ3n) is 4.87. The molecule has 1 unspecified atom stereocenters. The molecule has 0 fully saturated rings. The molecule has 2 aromatic carbocycles. The lowest BCUT2D eigenvalue weighted by molar-refractivity contribution is 0.613. The molecule has 0 aromatic heterocycles. The highest BCUT2D eigenvalue weighted by molar-refractivity contribution is 6.54. The van der Waals surface area contributed by atoms with Crippen molar-refractivity contribution in [2.75, 3.05) is 11.4 Å². The van der Waals surface area contributed by atoms with Crippen LogP contribution >= 0.6 is 0 Å². The normalized spacial score (nSPS) is 18.4. The molecule has 4 nitrogen and oxygen atoms in total. The molecule has 1 heterocycles. The highest BCUT2D eigenvalue weighted by atomic mass is 15.2. The Bertz CT molecular complexity index is 807. The van der Waals surface area contributed by atoms with E-state index in [9.17, 15) is 0 Å². The number of nitrogens with two attached hydrogens (primary N) is 1. The van der Waals surface area contributed by atoms with E-state index < -0.39 is 0 Å². The van der Waals surface area contributed by atoms with Gasteiger partial charge < -0.3 is 10.7 Å². The lowest BCUT2D eigenvalue weighted by Crippen LogP contribution is -2.37. The second-order valence-corrected chi connectivity index (χ2v) is 6.36. The summed E-state index contributed by atoms with van der Waals surface area (Å²) in [6.07, 6.45) is 1.07. The van der Waals surface area contributed by atoms with Gasteiger partial charge in [-0.1, -0.05) is 49.4 Å². The van der Waals surface area contributed by atoms with Gasteiger partial charge in [0.2, 0.25) is 0 Å². The lowest BCUT2D eigenvalue weighted by atomic mass is 9.91. The molecule has 4 heteroatoms. The Morgan fingerprint density at radius 3 is 2.36 bits per heavy atom. The number of nitrogens with zero attached hydrogens (tertiary/aromatic N) is 3. The summed E-state index contributed by atoms with van der Waals surface area (Å²) in [6.45, 7) is 8.07. The van der Waals surface area contributed by atoms with Crippen molar-refractivity contribution in [3.05, 3.63) is 65.2 Å². The van der Waals surface area contributed by atoms with Gasteiger partial charge in [0.05, 0.1) is 5.71 Å². The number of benzene rings is 2. The molecule has 130 valence electrons. The number of fused-ring (bicyclic) bond motifs is 2. The molecule has 1 aliphatic heterocycles. The number of hydrazone groups is 1. The van der Waals surface area contributed by atoms with Crippen LogP contribution in [0.2, 0.25) is 0 Å². The number of rotatable bonds is 3. The molecule has 0 saturated heterocycles. The SMILES string of the molecule is CCN=C1/C(=N\N)c2ccccc2N(C(C)CC)Cc2ccccc21. The van der Waals surface area contributed by atoms with Crippen LogP contribution in [-0.2, 0) is 6.54 Å². The summed E-state index contributed by atoms with van der Waals surface area (Å²) in [5.41, 5.74) is 6.24. The van der Waals surface area contributed by atoms with Crippen molar-refractivity contribution in [3.63, 3.8) is 0 Å². The van der Waals surface area contributed by atoms with Crippen LogP contribution in [0.4, 0.5) is 5.69 Å². The maximum atomic E-state index is 5.86. The molecule has 0 radical (unpaired) electrons. The van der Waals surface area contributed by atoms with Crippen molar-refractivity contribution in [2.24, 2.45) is 15.9 Å². The molecule has 0 amide bonds. The first-order chi connectivity index (χ1) is 12.2. The van der Waals surface area contributed by atoms with Crippen molar-refractivity contribution >= 4 is 17.1 Å². The summed E-state index contributed by atoms with van der Waals surface area (Å²) in [5.74, 6) is 5.86. The Morgan fingerprint density at radius 1 is 1.00 bits per heavy atom. The van der Waals surface area contributed by atoms with Gasteiger partial charge in [0.25, 0.3) is 0 Å². The van der Waals surface area contributed by atoms with E-state index in [0.717, 1.165) is 35.5 Å². The summed E-state index contributed by atoms with van der Waals surface area (Å²) >= 11 is 0. The van der Waals surface area contributed by atoms with Gasteiger partial charge in [0, 0.05) is 35.9 Å². The molecule has 25 heavy (non-hydrogen) atoms. The first kappa shape index (κ1) is 17.2. The maximum Gasteiger partial charge on any atom is 0.118 e. The van der Waals surface area contributed by atoms with Crippen molar-refractivity contribution in [2.45, 2.75) is 39.8 Å². The predicted octanol–water partition coefficient (Wildman–Crippen LogP) is 3.98. The van der Waals surface area contributed by atoms with E-state index in [1.54, 1.807) is 0 Å². The van der Waals surface area contributed by atoms with Gasteiger partial charge in [-0.2, -0.15) is 5.10 Å². The first-order valence-electron chi connectivity index (χ1n) is 8.98. The van der Waals surface area contributed by atoms with Crippen LogP contribution in [0.3, 0.4) is 0 Å². The average molecular weight is 334 g/mol. The summed E-state index contributed by atoms with van der Waals surface area (Å²) in [5, 5.41) is 4.17. The Hall–Kier alpha value is -2.62. The van der Waals surface area contributed by atoms with E-state index in [-0.39, 0.29) is 0 Å². The third kappa shape index (κ3) is 3.16. The maximum absolute atomic E-state index is 5.86. The first-order valence-corrected chi connectivity index (χ1v) is 8.98. The van der Waals surface area contributed by atoms with Crippen molar-refractivity contribution in [3.8, 4) is 0 Å². The van der Waals surface area contributed by atoms with E-state index >= 15 is 0 Å². The zero-order valence-electron chi connectivity index (χ0n) is 15.2. The zero-order chi connectivity index (χ0) is 17.8. The Morgan fingerprint density at radius 2 is 1.68 bits per heavy atom. The van der Waals surface area contributed by atoms with Crippen molar-refractivity contribution < 1.29 is 0 Å². The van der Waals surface area contributed by atoms with Gasteiger partial charge in [-0.3, -0.25) is 4.99 Å². The second-order valence-electron chi connectivity index (χ2n) is 6.36. The second kappa shape index (κ2) is 7.51. The van der Waals surface area contributed by atoms with Crippen LogP contribution < -0.4 is 10.7 Å². The summed E-state index contributed by atoms with van der Waals surface area (Å²) < 4.78 is 0. The van der Waals surface area contributed by atoms with Gasteiger partial charge in [-0.25, -0.2) is 0 Å². The van der Waals surface area contributed by atoms with Crippen LogP contribution in [0.25, 0.3) is 0 Å². The number of hydrogen-bond donors (Lipinski definition) is 1. The largest absolute Gasteiger partial charge is 0.364 e. The van der Waals surface area contributed by atoms with Gasteiger partial charge in [0.15, 0.2) is 0 Å². The van der Waals surface area contributed by atoms with Crippen molar-refractivity contribution in [1.29, 1.82) is 0 Å². The Balaban J connectivity index is 2.30. The van der Waals surface area contributed by atoms with E-state index in [1.165, 1.54) is 11.3 Å². The third-order valence-corrected chi connectivity index (χ3v) is 4.87. The Kier molecular flexibility index (Phi) is 5.17. The number of aliphatic imine (C=N–C) groups is 1. The van der Waals surface area contributed by atoms with E-state index in [0.29, 0.717) is 12.6 Å². The van der Waals surface area contributed by atoms with Crippen LogP contribution in [0.15, 0.2) is 58.6 Å². The zero-order valence-corrected chi connectivity index (χ0v) is 15.2. The molecule has 2 N–H and O–H groups in total. The van der Waals surface area contributed by atoms with Crippen LogP contribution in [-0.4, -0.2) is 24.0 Å². The standard InChI is InChI=1S/C21H26N4/c1-4-15(3)25-14-16-10-6-7-11-17(16)20(23-5-2)21(24-22)18-12-8-9-13-19(18)25/h6-13,15H,4-5,14,22H2,1-3H3/b23-20?,24-21-. The smallest absolute Gasteiger partial charge is 0.118 e. The minimum absolute atomic E-state index is 0.415. The molecule has 1 atom stereocenters. The topological polar surface area (TPSA) is 54.0 Å². The van der Waals surface area contributed by atoms with Gasteiger partial charge in [-0.15, -0.1) is 0 Å². The molecular formula is C21H26N4.